The van der Waals surface area contributed by atoms with Crippen LogP contribution in [-0.2, 0) is 19.5 Å². The lowest BCUT2D eigenvalue weighted by Crippen LogP contribution is -2.44. The fourth-order valence-corrected chi connectivity index (χ4v) is 4.15. The lowest BCUT2D eigenvalue weighted by molar-refractivity contribution is 0.345. The molecule has 30 heavy (non-hydrogen) atoms. The molecule has 0 aliphatic carbocycles. The summed E-state index contributed by atoms with van der Waals surface area (Å²) in [5.74, 6) is 3.50. The van der Waals surface area contributed by atoms with E-state index >= 15 is 0 Å². The second kappa shape index (κ2) is 8.65. The Morgan fingerprint density at radius 2 is 1.87 bits per heavy atom. The van der Waals surface area contributed by atoms with E-state index in [9.17, 15) is 0 Å². The molecule has 0 saturated carbocycles. The number of ether oxygens (including phenoxy) is 2. The first kappa shape index (κ1) is 20.1. The van der Waals surface area contributed by atoms with E-state index in [4.69, 9.17) is 9.47 Å². The molecule has 0 spiro atoms. The van der Waals surface area contributed by atoms with E-state index in [1.807, 2.05) is 13.1 Å². The number of guanidine groups is 1. The quantitative estimate of drug-likeness (QED) is 0.520. The van der Waals surface area contributed by atoms with Crippen molar-refractivity contribution >= 4 is 17.0 Å². The first-order chi connectivity index (χ1) is 14.6. The molecule has 7 heteroatoms. The smallest absolute Gasteiger partial charge is 0.194 e. The Morgan fingerprint density at radius 1 is 1.13 bits per heavy atom. The zero-order valence-corrected chi connectivity index (χ0v) is 18.1. The van der Waals surface area contributed by atoms with E-state index < -0.39 is 0 Å². The van der Waals surface area contributed by atoms with Gasteiger partial charge in [0, 0.05) is 33.2 Å². The highest BCUT2D eigenvalue weighted by atomic mass is 16.5. The number of aromatic nitrogens is 2. The largest absolute Gasteiger partial charge is 0.493 e. The number of fused-ring (bicyclic) bond motifs is 2. The van der Waals surface area contributed by atoms with Gasteiger partial charge in [0.1, 0.15) is 5.82 Å². The zero-order valence-electron chi connectivity index (χ0n) is 18.1. The van der Waals surface area contributed by atoms with Crippen LogP contribution in [0.4, 0.5) is 0 Å². The number of nitrogens with zero attached hydrogens (tertiary/aromatic N) is 4. The summed E-state index contributed by atoms with van der Waals surface area (Å²) in [6.45, 7) is 5.37. The maximum atomic E-state index is 5.48. The number of hydrogen-bond donors (Lipinski definition) is 1. The number of aliphatic imine (C=N–C) groups is 1. The summed E-state index contributed by atoms with van der Waals surface area (Å²) in [5, 5.41) is 3.52. The first-order valence-electron chi connectivity index (χ1n) is 10.3. The van der Waals surface area contributed by atoms with Gasteiger partial charge in [-0.1, -0.05) is 12.1 Å². The van der Waals surface area contributed by atoms with Crippen molar-refractivity contribution in [1.82, 2.24) is 19.8 Å². The Labute approximate surface area is 177 Å². The molecule has 0 unspecified atom stereocenters. The number of imidazole rings is 1. The summed E-state index contributed by atoms with van der Waals surface area (Å²) in [6, 6.07) is 12.4. The number of methoxy groups -OCH3 is 2. The average Bonchev–Trinajstić information content (AvgIpc) is 3.10. The highest BCUT2D eigenvalue weighted by Gasteiger charge is 2.21. The second-order valence-electron chi connectivity index (χ2n) is 7.42. The third kappa shape index (κ3) is 3.79. The van der Waals surface area contributed by atoms with Crippen molar-refractivity contribution < 1.29 is 9.47 Å². The van der Waals surface area contributed by atoms with Crippen molar-refractivity contribution in [3.8, 4) is 11.5 Å². The molecule has 3 aromatic rings. The standard InChI is InChI=1S/C23H29N5O2/c1-16-26-19-7-5-6-8-20(19)28(16)12-10-25-23(24-2)27-11-9-17-13-21(29-3)22(30-4)14-18(17)15-27/h5-8,13-14H,9-12,15H2,1-4H3,(H,24,25). The van der Waals surface area contributed by atoms with Gasteiger partial charge in [-0.15, -0.1) is 0 Å². The van der Waals surface area contributed by atoms with Gasteiger partial charge in [-0.3, -0.25) is 4.99 Å². The lowest BCUT2D eigenvalue weighted by atomic mass is 9.99. The minimum atomic E-state index is 0.767. The molecular weight excluding hydrogens is 378 g/mol. The Hall–Kier alpha value is -3.22. The van der Waals surface area contributed by atoms with Crippen LogP contribution in [0.5, 0.6) is 11.5 Å². The predicted molar refractivity (Wildman–Crippen MR) is 119 cm³/mol. The fourth-order valence-electron chi connectivity index (χ4n) is 4.15. The number of benzene rings is 2. The molecule has 0 atom stereocenters. The summed E-state index contributed by atoms with van der Waals surface area (Å²) < 4.78 is 13.2. The van der Waals surface area contributed by atoms with Gasteiger partial charge in [0.05, 0.1) is 25.3 Å². The predicted octanol–water partition coefficient (Wildman–Crippen LogP) is 3.00. The maximum Gasteiger partial charge on any atom is 0.194 e. The van der Waals surface area contributed by atoms with Gasteiger partial charge in [0.15, 0.2) is 17.5 Å². The van der Waals surface area contributed by atoms with Crippen LogP contribution in [0, 0.1) is 6.92 Å². The molecule has 1 aromatic heterocycles. The monoisotopic (exact) mass is 407 g/mol. The Balaban J connectivity index is 1.43. The third-order valence-corrected chi connectivity index (χ3v) is 5.69. The second-order valence-corrected chi connectivity index (χ2v) is 7.42. The molecule has 0 saturated heterocycles. The molecule has 1 N–H and O–H groups in total. The number of aryl methyl sites for hydroxylation is 1. The van der Waals surface area contributed by atoms with E-state index in [1.54, 1.807) is 14.2 Å². The fraction of sp³-hybridized carbons (Fsp3) is 0.391. The molecule has 0 bridgehead atoms. The topological polar surface area (TPSA) is 63.9 Å². The minimum Gasteiger partial charge on any atom is -0.493 e. The molecule has 7 nitrogen and oxygen atoms in total. The molecule has 4 rings (SSSR count). The van der Waals surface area contributed by atoms with Gasteiger partial charge in [-0.2, -0.15) is 0 Å². The van der Waals surface area contributed by atoms with E-state index in [0.717, 1.165) is 61.4 Å². The first-order valence-corrected chi connectivity index (χ1v) is 10.3. The van der Waals surface area contributed by atoms with Gasteiger partial charge < -0.3 is 24.3 Å². The Bertz CT molecular complexity index is 1070. The van der Waals surface area contributed by atoms with Crippen LogP contribution in [0.25, 0.3) is 11.0 Å². The van der Waals surface area contributed by atoms with Crippen LogP contribution in [-0.4, -0.2) is 54.8 Å². The van der Waals surface area contributed by atoms with E-state index in [2.05, 4.69) is 62.0 Å². The number of nitrogens with one attached hydrogen (secondary N) is 1. The Morgan fingerprint density at radius 3 is 2.60 bits per heavy atom. The maximum absolute atomic E-state index is 5.48. The van der Waals surface area contributed by atoms with Crippen molar-refractivity contribution in [2.24, 2.45) is 4.99 Å². The minimum absolute atomic E-state index is 0.767. The summed E-state index contributed by atoms with van der Waals surface area (Å²) in [7, 11) is 5.19. The van der Waals surface area contributed by atoms with E-state index in [-0.39, 0.29) is 0 Å². The van der Waals surface area contributed by atoms with Gasteiger partial charge >= 0.3 is 0 Å². The highest BCUT2D eigenvalue weighted by Crippen LogP contribution is 2.33. The SMILES string of the molecule is CN=C(NCCn1c(C)nc2ccccc21)N1CCc2cc(OC)c(OC)cc2C1. The van der Waals surface area contributed by atoms with Crippen LogP contribution in [0.2, 0.25) is 0 Å². The number of hydrogen-bond acceptors (Lipinski definition) is 4. The van der Waals surface area contributed by atoms with Crippen LogP contribution in [0.1, 0.15) is 17.0 Å². The molecule has 0 amide bonds. The Kier molecular flexibility index (Phi) is 5.79. The van der Waals surface area contributed by atoms with Gasteiger partial charge in [0.25, 0.3) is 0 Å². The number of rotatable bonds is 5. The molecule has 1 aliphatic rings. The summed E-state index contributed by atoms with van der Waals surface area (Å²) >= 11 is 0. The normalized spacial score (nSPS) is 14.0. The summed E-state index contributed by atoms with van der Waals surface area (Å²) in [6.07, 6.45) is 0.946. The van der Waals surface area contributed by atoms with Crippen molar-refractivity contribution in [2.45, 2.75) is 26.4 Å². The highest BCUT2D eigenvalue weighted by molar-refractivity contribution is 5.80. The molecule has 0 fully saturated rings. The van der Waals surface area contributed by atoms with Gasteiger partial charge in [0.2, 0.25) is 0 Å². The van der Waals surface area contributed by atoms with Crippen LogP contribution in [0.3, 0.4) is 0 Å². The van der Waals surface area contributed by atoms with E-state index in [0.29, 0.717) is 0 Å². The summed E-state index contributed by atoms with van der Waals surface area (Å²) in [4.78, 5) is 11.4. The zero-order chi connectivity index (χ0) is 21.1. The summed E-state index contributed by atoms with van der Waals surface area (Å²) in [5.41, 5.74) is 4.76. The molecule has 158 valence electrons. The molecular formula is C23H29N5O2. The third-order valence-electron chi connectivity index (χ3n) is 5.69. The van der Waals surface area contributed by atoms with Gasteiger partial charge in [-0.05, 0) is 48.7 Å². The average molecular weight is 408 g/mol. The lowest BCUT2D eigenvalue weighted by Gasteiger charge is -2.32. The number of para-hydroxylation sites is 2. The molecule has 1 aliphatic heterocycles. The van der Waals surface area contributed by atoms with Crippen molar-refractivity contribution in [2.75, 3.05) is 34.4 Å². The van der Waals surface area contributed by atoms with E-state index in [1.165, 1.54) is 16.6 Å². The van der Waals surface area contributed by atoms with Crippen LogP contribution >= 0.6 is 0 Å². The molecule has 2 heterocycles. The molecule has 0 radical (unpaired) electrons. The van der Waals surface area contributed by atoms with Crippen LogP contribution < -0.4 is 14.8 Å². The van der Waals surface area contributed by atoms with Crippen molar-refractivity contribution in [1.29, 1.82) is 0 Å². The molecule has 2 aromatic carbocycles. The van der Waals surface area contributed by atoms with Crippen molar-refractivity contribution in [3.63, 3.8) is 0 Å². The van der Waals surface area contributed by atoms with Crippen LogP contribution in [0.15, 0.2) is 41.4 Å². The van der Waals surface area contributed by atoms with Gasteiger partial charge in [-0.25, -0.2) is 4.98 Å². The van der Waals surface area contributed by atoms with Crippen molar-refractivity contribution in [3.05, 3.63) is 53.3 Å².